The van der Waals surface area contributed by atoms with E-state index in [1.807, 2.05) is 0 Å². The number of hydrogen-bond acceptors (Lipinski definition) is 3. The summed E-state index contributed by atoms with van der Waals surface area (Å²) in [5, 5.41) is 15.9. The lowest BCUT2D eigenvalue weighted by atomic mass is 10.1. The molecule has 0 radical (unpaired) electrons. The molecule has 25 heavy (non-hydrogen) atoms. The van der Waals surface area contributed by atoms with Crippen LogP contribution in [0.25, 0.3) is 0 Å². The van der Waals surface area contributed by atoms with Crippen LogP contribution in [0.2, 0.25) is 0 Å². The zero-order chi connectivity index (χ0) is 17.4. The van der Waals surface area contributed by atoms with Crippen molar-refractivity contribution >= 4 is 29.9 Å². The van der Waals surface area contributed by atoms with Gasteiger partial charge in [-0.1, -0.05) is 13.0 Å². The van der Waals surface area contributed by atoms with Crippen molar-refractivity contribution in [2.24, 2.45) is 4.99 Å². The normalized spacial score (nSPS) is 16.4. The fourth-order valence-corrected chi connectivity index (χ4v) is 3.05. The van der Waals surface area contributed by atoms with Gasteiger partial charge < -0.3 is 20.6 Å². The average molecular weight is 464 g/mol. The molecule has 0 aliphatic carbocycles. The monoisotopic (exact) mass is 464 g/mol. The highest BCUT2D eigenvalue weighted by molar-refractivity contribution is 14.0. The highest BCUT2D eigenvalue weighted by Gasteiger charge is 2.19. The number of likely N-dealkylation sites (tertiary alicyclic amines) is 1. The molecule has 1 aliphatic rings. The molecular formula is C18H30FIN4O. The lowest BCUT2D eigenvalue weighted by Gasteiger charge is -2.32. The van der Waals surface area contributed by atoms with E-state index in [1.54, 1.807) is 19.2 Å². The van der Waals surface area contributed by atoms with E-state index >= 15 is 0 Å². The van der Waals surface area contributed by atoms with Gasteiger partial charge in [0, 0.05) is 38.3 Å². The van der Waals surface area contributed by atoms with Crippen LogP contribution in [-0.4, -0.2) is 48.7 Å². The number of aliphatic hydroxyl groups is 1. The molecule has 1 heterocycles. The summed E-state index contributed by atoms with van der Waals surface area (Å²) in [7, 11) is 1.76. The number of guanidine groups is 1. The Hall–Kier alpha value is -0.930. The van der Waals surface area contributed by atoms with Crippen molar-refractivity contribution in [2.45, 2.75) is 45.4 Å². The third-order valence-corrected chi connectivity index (χ3v) is 4.43. The van der Waals surface area contributed by atoms with Crippen LogP contribution in [-0.2, 0) is 13.2 Å². The summed E-state index contributed by atoms with van der Waals surface area (Å²) < 4.78 is 13.4. The summed E-state index contributed by atoms with van der Waals surface area (Å²) >= 11 is 0. The number of aliphatic hydroxyl groups excluding tert-OH is 1. The lowest BCUT2D eigenvalue weighted by molar-refractivity contribution is 0.206. The largest absolute Gasteiger partial charge is 0.392 e. The van der Waals surface area contributed by atoms with E-state index in [2.05, 4.69) is 27.4 Å². The van der Waals surface area contributed by atoms with Gasteiger partial charge in [-0.05, 0) is 43.5 Å². The van der Waals surface area contributed by atoms with Crippen LogP contribution >= 0.6 is 24.0 Å². The molecule has 0 unspecified atom stereocenters. The quantitative estimate of drug-likeness (QED) is 0.344. The summed E-state index contributed by atoms with van der Waals surface area (Å²) in [6, 6.07) is 5.23. The molecule has 7 heteroatoms. The molecule has 1 fully saturated rings. The number of nitrogens with one attached hydrogen (secondary N) is 2. The van der Waals surface area contributed by atoms with Crippen molar-refractivity contribution in [2.75, 3.05) is 26.7 Å². The van der Waals surface area contributed by atoms with Gasteiger partial charge in [-0.15, -0.1) is 24.0 Å². The maximum atomic E-state index is 13.4. The zero-order valence-corrected chi connectivity index (χ0v) is 17.4. The zero-order valence-electron chi connectivity index (χ0n) is 15.1. The molecule has 5 nitrogen and oxygen atoms in total. The van der Waals surface area contributed by atoms with Crippen LogP contribution in [0.5, 0.6) is 0 Å². The minimum Gasteiger partial charge on any atom is -0.392 e. The fraction of sp³-hybridized carbons (Fsp3) is 0.611. The predicted octanol–water partition coefficient (Wildman–Crippen LogP) is 2.48. The summed E-state index contributed by atoms with van der Waals surface area (Å²) in [4.78, 5) is 6.77. The van der Waals surface area contributed by atoms with Crippen LogP contribution in [0, 0.1) is 5.82 Å². The van der Waals surface area contributed by atoms with Crippen LogP contribution in [0.3, 0.4) is 0 Å². The minimum absolute atomic E-state index is 0. The van der Waals surface area contributed by atoms with Crippen molar-refractivity contribution in [1.82, 2.24) is 15.5 Å². The second-order valence-electron chi connectivity index (χ2n) is 6.27. The standard InChI is InChI=1S/C18H29FN4O.HI/c1-3-8-23-9-6-16(7-10-23)22-18(20-2)21-12-14-4-5-17(19)15(11-14)13-24;/h4-5,11,16,24H,3,6-10,12-13H2,1-2H3,(H2,20,21,22);1H. The van der Waals surface area contributed by atoms with Crippen molar-refractivity contribution in [1.29, 1.82) is 0 Å². The molecule has 1 saturated heterocycles. The van der Waals surface area contributed by atoms with Crippen molar-refractivity contribution < 1.29 is 9.50 Å². The van der Waals surface area contributed by atoms with E-state index in [-0.39, 0.29) is 36.4 Å². The first-order chi connectivity index (χ1) is 11.7. The summed E-state index contributed by atoms with van der Waals surface area (Å²) in [6.45, 7) is 5.90. The van der Waals surface area contributed by atoms with Crippen LogP contribution < -0.4 is 10.6 Å². The molecule has 0 aromatic heterocycles. The van der Waals surface area contributed by atoms with Crippen LogP contribution in [0.4, 0.5) is 4.39 Å². The maximum absolute atomic E-state index is 13.4. The topological polar surface area (TPSA) is 59.9 Å². The van der Waals surface area contributed by atoms with E-state index in [1.165, 1.54) is 19.0 Å². The summed E-state index contributed by atoms with van der Waals surface area (Å²) in [6.07, 6.45) is 3.44. The second-order valence-corrected chi connectivity index (χ2v) is 6.27. The van der Waals surface area contributed by atoms with E-state index < -0.39 is 0 Å². The van der Waals surface area contributed by atoms with Gasteiger partial charge in [0.05, 0.1) is 6.61 Å². The van der Waals surface area contributed by atoms with E-state index in [0.717, 1.165) is 37.5 Å². The fourth-order valence-electron chi connectivity index (χ4n) is 3.05. The third-order valence-electron chi connectivity index (χ3n) is 4.43. The number of hydrogen-bond donors (Lipinski definition) is 3. The van der Waals surface area contributed by atoms with Crippen molar-refractivity contribution in [3.05, 3.63) is 35.1 Å². The third kappa shape index (κ3) is 7.07. The molecule has 0 atom stereocenters. The second kappa shape index (κ2) is 11.6. The van der Waals surface area contributed by atoms with E-state index in [9.17, 15) is 4.39 Å². The number of aliphatic imine (C=N–C) groups is 1. The Balaban J connectivity index is 0.00000312. The number of piperidine rings is 1. The highest BCUT2D eigenvalue weighted by Crippen LogP contribution is 2.12. The molecule has 0 spiro atoms. The Morgan fingerprint density at radius 1 is 1.36 bits per heavy atom. The van der Waals surface area contributed by atoms with Crippen molar-refractivity contribution in [3.8, 4) is 0 Å². The summed E-state index contributed by atoms with van der Waals surface area (Å²) in [5.41, 5.74) is 1.24. The maximum Gasteiger partial charge on any atom is 0.191 e. The van der Waals surface area contributed by atoms with Gasteiger partial charge in [0.1, 0.15) is 5.82 Å². The Morgan fingerprint density at radius 2 is 2.08 bits per heavy atom. The van der Waals surface area contributed by atoms with E-state index in [4.69, 9.17) is 5.11 Å². The molecule has 0 saturated carbocycles. The first-order valence-electron chi connectivity index (χ1n) is 8.74. The summed E-state index contributed by atoms with van der Waals surface area (Å²) in [5.74, 6) is 0.390. The Kier molecular flexibility index (Phi) is 10.3. The van der Waals surface area contributed by atoms with Crippen LogP contribution in [0.15, 0.2) is 23.2 Å². The first-order valence-corrected chi connectivity index (χ1v) is 8.74. The lowest BCUT2D eigenvalue weighted by Crippen LogP contribution is -2.48. The minimum atomic E-state index is -0.373. The van der Waals surface area contributed by atoms with Gasteiger partial charge in [-0.2, -0.15) is 0 Å². The molecule has 3 N–H and O–H groups in total. The Bertz CT molecular complexity index is 548. The average Bonchev–Trinajstić information content (AvgIpc) is 2.61. The van der Waals surface area contributed by atoms with Gasteiger partial charge in [-0.25, -0.2) is 4.39 Å². The molecule has 142 valence electrons. The van der Waals surface area contributed by atoms with Crippen molar-refractivity contribution in [3.63, 3.8) is 0 Å². The SMILES string of the molecule is CCCN1CCC(NC(=NC)NCc2ccc(F)c(CO)c2)CC1.I. The molecule has 0 amide bonds. The number of rotatable bonds is 6. The number of nitrogens with zero attached hydrogens (tertiary/aromatic N) is 2. The molecule has 0 bridgehead atoms. The first kappa shape index (κ1) is 22.1. The molecular weight excluding hydrogens is 434 g/mol. The van der Waals surface area contributed by atoms with Gasteiger partial charge in [0.15, 0.2) is 5.96 Å². The van der Waals surface area contributed by atoms with Gasteiger partial charge >= 0.3 is 0 Å². The van der Waals surface area contributed by atoms with Crippen LogP contribution in [0.1, 0.15) is 37.3 Å². The van der Waals surface area contributed by atoms with Gasteiger partial charge in [-0.3, -0.25) is 4.99 Å². The smallest absolute Gasteiger partial charge is 0.191 e. The number of benzene rings is 1. The Morgan fingerprint density at radius 3 is 2.68 bits per heavy atom. The molecule has 1 aliphatic heterocycles. The highest BCUT2D eigenvalue weighted by atomic mass is 127. The van der Waals surface area contributed by atoms with Gasteiger partial charge in [0.25, 0.3) is 0 Å². The Labute approximate surface area is 167 Å². The predicted molar refractivity (Wildman–Crippen MR) is 111 cm³/mol. The number of halogens is 2. The molecule has 2 rings (SSSR count). The molecule has 1 aromatic carbocycles. The molecule has 1 aromatic rings. The van der Waals surface area contributed by atoms with E-state index in [0.29, 0.717) is 18.2 Å². The van der Waals surface area contributed by atoms with Gasteiger partial charge in [0.2, 0.25) is 0 Å².